The monoisotopic (exact) mass is 210 g/mol. The molecule has 80 valence electrons. The molecule has 1 aliphatic carbocycles. The Bertz CT molecular complexity index is 410. The van der Waals surface area contributed by atoms with Gasteiger partial charge in [-0.15, -0.1) is 0 Å². The van der Waals surface area contributed by atoms with Crippen molar-refractivity contribution in [1.82, 2.24) is 0 Å². The van der Waals surface area contributed by atoms with Gasteiger partial charge >= 0.3 is 5.97 Å². The topological polar surface area (TPSA) is 98.0 Å². The molecule has 0 saturated heterocycles. The molecular formula is C10H10O5. The number of aliphatic carboxylic acids is 1. The Morgan fingerprint density at radius 3 is 1.93 bits per heavy atom. The molecule has 0 atom stereocenters. The van der Waals surface area contributed by atoms with Crippen LogP contribution in [0.15, 0.2) is 12.1 Å². The molecule has 1 aliphatic rings. The number of phenolic OH excluding ortho intramolecular Hbond substituents is 3. The van der Waals surface area contributed by atoms with Gasteiger partial charge in [-0.1, -0.05) is 0 Å². The van der Waals surface area contributed by atoms with Crippen LogP contribution in [-0.4, -0.2) is 26.4 Å². The number of hydrogen-bond donors (Lipinski definition) is 4. The lowest BCUT2D eigenvalue weighted by Crippen LogP contribution is -2.19. The smallest absolute Gasteiger partial charge is 0.314 e. The van der Waals surface area contributed by atoms with Crippen LogP contribution in [0.1, 0.15) is 18.4 Å². The van der Waals surface area contributed by atoms with Gasteiger partial charge in [-0.25, -0.2) is 0 Å². The number of benzene rings is 1. The summed E-state index contributed by atoms with van der Waals surface area (Å²) in [6.07, 6.45) is 0.766. The maximum absolute atomic E-state index is 11.0. The molecule has 0 aliphatic heterocycles. The third-order valence-corrected chi connectivity index (χ3v) is 2.72. The zero-order chi connectivity index (χ0) is 11.2. The van der Waals surface area contributed by atoms with Gasteiger partial charge in [-0.2, -0.15) is 0 Å². The van der Waals surface area contributed by atoms with Gasteiger partial charge in [0.05, 0.1) is 5.56 Å². The number of carbonyl (C=O) groups is 1. The van der Waals surface area contributed by atoms with Gasteiger partial charge in [0, 0.05) is 12.1 Å². The molecule has 0 bridgehead atoms. The van der Waals surface area contributed by atoms with E-state index in [1.165, 1.54) is 0 Å². The second-order valence-electron chi connectivity index (χ2n) is 3.75. The molecule has 2 rings (SSSR count). The Hall–Kier alpha value is -1.91. The zero-order valence-electron chi connectivity index (χ0n) is 7.77. The fourth-order valence-electron chi connectivity index (χ4n) is 1.78. The van der Waals surface area contributed by atoms with Crippen LogP contribution in [0, 0.1) is 0 Å². The lowest BCUT2D eigenvalue weighted by atomic mass is 9.94. The average molecular weight is 210 g/mol. The molecular weight excluding hydrogens is 200 g/mol. The van der Waals surface area contributed by atoms with Crippen LogP contribution in [0.2, 0.25) is 0 Å². The van der Waals surface area contributed by atoms with E-state index in [0.717, 1.165) is 12.1 Å². The van der Waals surface area contributed by atoms with Crippen LogP contribution in [0.4, 0.5) is 0 Å². The number of aromatic hydroxyl groups is 3. The predicted octanol–water partition coefficient (Wildman–Crippen LogP) is 0.920. The summed E-state index contributed by atoms with van der Waals surface area (Å²) >= 11 is 0. The molecule has 0 aromatic heterocycles. The van der Waals surface area contributed by atoms with Crippen molar-refractivity contribution in [2.75, 3.05) is 0 Å². The van der Waals surface area contributed by atoms with E-state index in [4.69, 9.17) is 10.2 Å². The quantitative estimate of drug-likeness (QED) is 0.581. The van der Waals surface area contributed by atoms with Crippen LogP contribution < -0.4 is 0 Å². The van der Waals surface area contributed by atoms with E-state index < -0.39 is 11.4 Å². The third kappa shape index (κ3) is 1.27. The Kier molecular flexibility index (Phi) is 1.79. The van der Waals surface area contributed by atoms with Gasteiger partial charge in [0.25, 0.3) is 0 Å². The van der Waals surface area contributed by atoms with Crippen molar-refractivity contribution in [3.63, 3.8) is 0 Å². The maximum atomic E-state index is 11.0. The van der Waals surface area contributed by atoms with Gasteiger partial charge in [0.15, 0.2) is 0 Å². The number of carboxylic acid groups (broad SMARTS) is 1. The zero-order valence-corrected chi connectivity index (χ0v) is 7.77. The SMILES string of the molecule is O=C(O)C1(c2c(O)cc(O)cc2O)CC1. The highest BCUT2D eigenvalue weighted by Crippen LogP contribution is 2.55. The van der Waals surface area contributed by atoms with Crippen LogP contribution in [0.5, 0.6) is 17.2 Å². The highest BCUT2D eigenvalue weighted by Gasteiger charge is 2.54. The van der Waals surface area contributed by atoms with E-state index in [2.05, 4.69) is 0 Å². The van der Waals surface area contributed by atoms with Crippen molar-refractivity contribution in [1.29, 1.82) is 0 Å². The van der Waals surface area contributed by atoms with Gasteiger partial charge < -0.3 is 20.4 Å². The molecule has 1 fully saturated rings. The summed E-state index contributed by atoms with van der Waals surface area (Å²) in [5.41, 5.74) is -1.19. The van der Waals surface area contributed by atoms with Gasteiger partial charge in [-0.05, 0) is 12.8 Å². The summed E-state index contributed by atoms with van der Waals surface area (Å²) in [6, 6.07) is 2.05. The third-order valence-electron chi connectivity index (χ3n) is 2.72. The molecule has 0 radical (unpaired) electrons. The van der Waals surface area contributed by atoms with E-state index in [1.807, 2.05) is 0 Å². The van der Waals surface area contributed by atoms with Gasteiger partial charge in [0.1, 0.15) is 22.7 Å². The van der Waals surface area contributed by atoms with E-state index in [1.54, 1.807) is 0 Å². The Morgan fingerprint density at radius 1 is 1.13 bits per heavy atom. The van der Waals surface area contributed by atoms with Crippen LogP contribution in [0.3, 0.4) is 0 Å². The molecule has 1 saturated carbocycles. The fraction of sp³-hybridized carbons (Fsp3) is 0.300. The van der Waals surface area contributed by atoms with Crippen molar-refractivity contribution >= 4 is 5.97 Å². The van der Waals surface area contributed by atoms with E-state index >= 15 is 0 Å². The first-order valence-corrected chi connectivity index (χ1v) is 4.46. The van der Waals surface area contributed by atoms with Crippen molar-refractivity contribution in [2.24, 2.45) is 0 Å². The van der Waals surface area contributed by atoms with Crippen molar-refractivity contribution in [3.8, 4) is 17.2 Å². The fourth-order valence-corrected chi connectivity index (χ4v) is 1.78. The molecule has 0 spiro atoms. The van der Waals surface area contributed by atoms with Crippen LogP contribution >= 0.6 is 0 Å². The number of carboxylic acids is 1. The molecule has 1 aromatic rings. The lowest BCUT2D eigenvalue weighted by Gasteiger charge is -2.14. The number of hydrogen-bond acceptors (Lipinski definition) is 4. The van der Waals surface area contributed by atoms with Crippen molar-refractivity contribution in [3.05, 3.63) is 17.7 Å². The molecule has 5 nitrogen and oxygen atoms in total. The van der Waals surface area contributed by atoms with Crippen LogP contribution in [0.25, 0.3) is 0 Å². The lowest BCUT2D eigenvalue weighted by molar-refractivity contribution is -0.140. The minimum atomic E-state index is -1.18. The van der Waals surface area contributed by atoms with Crippen molar-refractivity contribution < 1.29 is 25.2 Å². The molecule has 5 heteroatoms. The predicted molar refractivity (Wildman–Crippen MR) is 50.0 cm³/mol. The highest BCUT2D eigenvalue weighted by atomic mass is 16.4. The average Bonchev–Trinajstić information content (AvgIpc) is 2.83. The van der Waals surface area contributed by atoms with Gasteiger partial charge in [0.2, 0.25) is 0 Å². The summed E-state index contributed by atoms with van der Waals surface area (Å²) in [5, 5.41) is 37.1. The minimum Gasteiger partial charge on any atom is -0.508 e. The summed E-state index contributed by atoms with van der Waals surface area (Å²) in [5.74, 6) is -2.13. The summed E-state index contributed by atoms with van der Waals surface area (Å²) in [4.78, 5) is 11.0. The first-order valence-electron chi connectivity index (χ1n) is 4.46. The second kappa shape index (κ2) is 2.79. The first-order chi connectivity index (χ1) is 6.97. The highest BCUT2D eigenvalue weighted by molar-refractivity contribution is 5.87. The molecule has 1 aromatic carbocycles. The Labute approximate surface area is 85.2 Å². The van der Waals surface area contributed by atoms with E-state index in [-0.39, 0.29) is 22.8 Å². The van der Waals surface area contributed by atoms with Crippen LogP contribution in [-0.2, 0) is 10.2 Å². The molecule has 0 unspecified atom stereocenters. The molecule has 0 amide bonds. The summed E-state index contributed by atoms with van der Waals surface area (Å²) in [6.45, 7) is 0. The van der Waals surface area contributed by atoms with E-state index in [0.29, 0.717) is 12.8 Å². The van der Waals surface area contributed by atoms with Gasteiger partial charge in [-0.3, -0.25) is 4.79 Å². The maximum Gasteiger partial charge on any atom is 0.314 e. The standard InChI is InChI=1S/C10H10O5/c11-5-3-6(12)8(7(13)4-5)10(1-2-10)9(14)15/h3-4,11-13H,1-2H2,(H,14,15). The minimum absolute atomic E-state index is 0.00667. The van der Waals surface area contributed by atoms with Crippen molar-refractivity contribution in [2.45, 2.75) is 18.3 Å². The summed E-state index contributed by atoms with van der Waals surface area (Å²) in [7, 11) is 0. The molecule has 15 heavy (non-hydrogen) atoms. The first kappa shape index (κ1) is 9.64. The van der Waals surface area contributed by atoms with E-state index in [9.17, 15) is 15.0 Å². The second-order valence-corrected chi connectivity index (χ2v) is 3.75. The Morgan fingerprint density at radius 2 is 1.60 bits per heavy atom. The number of phenols is 3. The largest absolute Gasteiger partial charge is 0.508 e. The number of rotatable bonds is 2. The summed E-state index contributed by atoms with van der Waals surface area (Å²) < 4.78 is 0. The molecule has 0 heterocycles. The molecule has 4 N–H and O–H groups in total. The Balaban J connectivity index is 2.58. The normalized spacial score (nSPS) is 17.3.